The molecule has 0 aromatic heterocycles. The number of nitrogens with one attached hydrogen (secondary N) is 1. The zero-order valence-electron chi connectivity index (χ0n) is 16.5. The van der Waals surface area contributed by atoms with Gasteiger partial charge in [0.25, 0.3) is 0 Å². The van der Waals surface area contributed by atoms with Gasteiger partial charge in [0.05, 0.1) is 11.0 Å². The van der Waals surface area contributed by atoms with Gasteiger partial charge in [0.1, 0.15) is 0 Å². The molecule has 2 fully saturated rings. The van der Waals surface area contributed by atoms with Gasteiger partial charge in [-0.25, -0.2) is 8.42 Å². The Morgan fingerprint density at radius 2 is 2.04 bits per heavy atom. The first-order chi connectivity index (χ1) is 13.3. The maximum atomic E-state index is 13.1. The summed E-state index contributed by atoms with van der Waals surface area (Å²) in [7, 11) is -1.96. The fraction of sp³-hybridized carbons (Fsp3) is 0.650. The summed E-state index contributed by atoms with van der Waals surface area (Å²) in [6.07, 6.45) is 5.21. The molecule has 1 N–H and O–H groups in total. The van der Waals surface area contributed by atoms with E-state index in [1.165, 1.54) is 4.31 Å². The Balaban J connectivity index is 1.67. The minimum atomic E-state index is -3.64. The van der Waals surface area contributed by atoms with Crippen molar-refractivity contribution in [3.63, 3.8) is 0 Å². The third kappa shape index (κ3) is 4.70. The van der Waals surface area contributed by atoms with Crippen molar-refractivity contribution >= 4 is 27.5 Å². The van der Waals surface area contributed by atoms with E-state index in [0.717, 1.165) is 38.5 Å². The molecule has 0 radical (unpaired) electrons. The summed E-state index contributed by atoms with van der Waals surface area (Å²) in [5, 5.41) is 3.52. The molecule has 1 aliphatic carbocycles. The standard InChI is InChI=1S/C20H29ClN2O4S/c1-14-18(21)9-4-10-19(14)28(25,26)23-11-5-7-16(13-23)22-20(24)15-6-3-8-17(12-15)27-2/h4,9-10,15-17H,3,5-8,11-13H2,1-2H3,(H,22,24). The minimum Gasteiger partial charge on any atom is -0.381 e. The van der Waals surface area contributed by atoms with E-state index in [1.54, 1.807) is 32.2 Å². The number of sulfonamides is 1. The number of carbonyl (C=O) groups is 1. The molecule has 3 atom stereocenters. The van der Waals surface area contributed by atoms with Crippen LogP contribution >= 0.6 is 11.6 Å². The molecule has 8 heteroatoms. The number of halogens is 1. The lowest BCUT2D eigenvalue weighted by Gasteiger charge is -2.34. The van der Waals surface area contributed by atoms with Crippen LogP contribution in [0, 0.1) is 12.8 Å². The zero-order chi connectivity index (χ0) is 20.3. The van der Waals surface area contributed by atoms with Gasteiger partial charge >= 0.3 is 0 Å². The third-order valence-corrected chi connectivity index (χ3v) is 8.32. The van der Waals surface area contributed by atoms with Gasteiger partial charge in [-0.05, 0) is 56.7 Å². The molecule has 28 heavy (non-hydrogen) atoms. The van der Waals surface area contributed by atoms with Crippen LogP contribution in [0.2, 0.25) is 5.02 Å². The molecule has 1 saturated heterocycles. The lowest BCUT2D eigenvalue weighted by molar-refractivity contribution is -0.128. The molecule has 1 aromatic rings. The number of hydrogen-bond donors (Lipinski definition) is 1. The predicted octanol–water partition coefficient (Wildman–Crippen LogP) is 3.12. The molecule has 1 heterocycles. The molecule has 3 rings (SSSR count). The van der Waals surface area contributed by atoms with Crippen LogP contribution in [0.25, 0.3) is 0 Å². The van der Waals surface area contributed by atoms with Crippen LogP contribution in [0.4, 0.5) is 0 Å². The number of rotatable bonds is 5. The van der Waals surface area contributed by atoms with Crippen molar-refractivity contribution in [2.24, 2.45) is 5.92 Å². The van der Waals surface area contributed by atoms with E-state index < -0.39 is 10.0 Å². The van der Waals surface area contributed by atoms with Crippen LogP contribution in [0.3, 0.4) is 0 Å². The van der Waals surface area contributed by atoms with E-state index in [9.17, 15) is 13.2 Å². The highest BCUT2D eigenvalue weighted by Crippen LogP contribution is 2.29. The number of nitrogens with zero attached hydrogens (tertiary/aromatic N) is 1. The SMILES string of the molecule is COC1CCCC(C(=O)NC2CCCN(S(=O)(=O)c3cccc(Cl)c3C)C2)C1. The minimum absolute atomic E-state index is 0.0185. The lowest BCUT2D eigenvalue weighted by atomic mass is 9.86. The third-order valence-electron chi connectivity index (χ3n) is 5.90. The average Bonchev–Trinajstić information content (AvgIpc) is 2.70. The Morgan fingerprint density at radius 1 is 1.25 bits per heavy atom. The summed E-state index contributed by atoms with van der Waals surface area (Å²) >= 11 is 6.12. The van der Waals surface area contributed by atoms with Crippen molar-refractivity contribution in [3.8, 4) is 0 Å². The van der Waals surface area contributed by atoms with E-state index in [4.69, 9.17) is 16.3 Å². The van der Waals surface area contributed by atoms with Crippen LogP contribution in [0.15, 0.2) is 23.1 Å². The normalized spacial score (nSPS) is 26.8. The summed E-state index contributed by atoms with van der Waals surface area (Å²) in [4.78, 5) is 12.9. The van der Waals surface area contributed by atoms with Gasteiger partial charge in [-0.3, -0.25) is 4.79 Å². The molecule has 156 valence electrons. The number of carbonyl (C=O) groups excluding carboxylic acids is 1. The van der Waals surface area contributed by atoms with Crippen molar-refractivity contribution in [3.05, 3.63) is 28.8 Å². The van der Waals surface area contributed by atoms with Crippen LogP contribution < -0.4 is 5.32 Å². The van der Waals surface area contributed by atoms with Gasteiger partial charge in [-0.1, -0.05) is 24.1 Å². The van der Waals surface area contributed by atoms with E-state index in [0.29, 0.717) is 23.7 Å². The largest absolute Gasteiger partial charge is 0.381 e. The van der Waals surface area contributed by atoms with Gasteiger partial charge in [0.2, 0.25) is 15.9 Å². The highest BCUT2D eigenvalue weighted by atomic mass is 35.5. The first-order valence-electron chi connectivity index (χ1n) is 9.91. The van der Waals surface area contributed by atoms with E-state index in [2.05, 4.69) is 5.32 Å². The fourth-order valence-corrected chi connectivity index (χ4v) is 6.20. The molecule has 0 spiro atoms. The number of benzene rings is 1. The molecular weight excluding hydrogens is 400 g/mol. The van der Waals surface area contributed by atoms with Crippen LogP contribution in [-0.4, -0.2) is 51.0 Å². The second kappa shape index (κ2) is 9.11. The Kier molecular flexibility index (Phi) is 7.02. The highest BCUT2D eigenvalue weighted by Gasteiger charge is 2.34. The Bertz CT molecular complexity index is 814. The molecule has 3 unspecified atom stereocenters. The molecule has 2 aliphatic rings. The molecule has 1 aliphatic heterocycles. The first kappa shape index (κ1) is 21.6. The molecule has 1 saturated carbocycles. The van der Waals surface area contributed by atoms with Gasteiger partial charge in [-0.2, -0.15) is 4.31 Å². The highest BCUT2D eigenvalue weighted by molar-refractivity contribution is 7.89. The second-order valence-electron chi connectivity index (χ2n) is 7.80. The maximum Gasteiger partial charge on any atom is 0.243 e. The van der Waals surface area contributed by atoms with Crippen molar-refractivity contribution in [1.29, 1.82) is 0 Å². The van der Waals surface area contributed by atoms with Gasteiger partial charge in [-0.15, -0.1) is 0 Å². The maximum absolute atomic E-state index is 13.1. The lowest BCUT2D eigenvalue weighted by Crippen LogP contribution is -2.51. The number of piperidine rings is 1. The van der Waals surface area contributed by atoms with Crippen molar-refractivity contribution in [2.45, 2.75) is 62.5 Å². The first-order valence-corrected chi connectivity index (χ1v) is 11.7. The topological polar surface area (TPSA) is 75.7 Å². The van der Waals surface area contributed by atoms with Crippen molar-refractivity contribution < 1.29 is 17.9 Å². The Hall–Kier alpha value is -1.15. The summed E-state index contributed by atoms with van der Waals surface area (Å²) < 4.78 is 33.1. The van der Waals surface area contributed by atoms with Crippen LogP contribution in [0.5, 0.6) is 0 Å². The van der Waals surface area contributed by atoms with Gasteiger partial charge in [0, 0.05) is 37.2 Å². The summed E-state index contributed by atoms with van der Waals surface area (Å²) in [5.41, 5.74) is 0.558. The van der Waals surface area contributed by atoms with Crippen LogP contribution in [0.1, 0.15) is 44.1 Å². The Morgan fingerprint density at radius 3 is 2.79 bits per heavy atom. The molecule has 0 bridgehead atoms. The van der Waals surface area contributed by atoms with E-state index >= 15 is 0 Å². The molecule has 1 amide bonds. The fourth-order valence-electron chi connectivity index (χ4n) is 4.20. The predicted molar refractivity (Wildman–Crippen MR) is 109 cm³/mol. The second-order valence-corrected chi connectivity index (χ2v) is 10.1. The Labute approximate surface area is 172 Å². The summed E-state index contributed by atoms with van der Waals surface area (Å²) in [5.74, 6) is -0.0363. The monoisotopic (exact) mass is 428 g/mol. The van der Waals surface area contributed by atoms with E-state index in [-0.39, 0.29) is 28.9 Å². The summed E-state index contributed by atoms with van der Waals surface area (Å²) in [6, 6.07) is 4.76. The zero-order valence-corrected chi connectivity index (χ0v) is 18.1. The van der Waals surface area contributed by atoms with E-state index in [1.807, 2.05) is 0 Å². The van der Waals surface area contributed by atoms with Crippen LogP contribution in [-0.2, 0) is 19.6 Å². The number of ether oxygens (including phenoxy) is 1. The molecule has 6 nitrogen and oxygen atoms in total. The molecular formula is C20H29ClN2O4S. The number of hydrogen-bond acceptors (Lipinski definition) is 4. The van der Waals surface area contributed by atoms with Crippen molar-refractivity contribution in [2.75, 3.05) is 20.2 Å². The number of amides is 1. The summed E-state index contributed by atoms with van der Waals surface area (Å²) in [6.45, 7) is 2.46. The van der Waals surface area contributed by atoms with Crippen molar-refractivity contribution in [1.82, 2.24) is 9.62 Å². The van der Waals surface area contributed by atoms with Gasteiger partial charge in [0.15, 0.2) is 0 Å². The average molecular weight is 429 g/mol. The number of methoxy groups -OCH3 is 1. The quantitative estimate of drug-likeness (QED) is 0.781. The van der Waals surface area contributed by atoms with Gasteiger partial charge < -0.3 is 10.1 Å². The molecule has 1 aromatic carbocycles. The smallest absolute Gasteiger partial charge is 0.243 e.